The van der Waals surface area contributed by atoms with Gasteiger partial charge >= 0.3 is 6.09 Å². The predicted octanol–water partition coefficient (Wildman–Crippen LogP) is 6.56. The molecule has 1 heterocycles. The maximum atomic E-state index is 13.4. The minimum atomic E-state index is -0.639. The number of alkyl carbamates (subject to hydrolysis) is 1. The number of carbonyl (C=O) groups is 2. The van der Waals surface area contributed by atoms with Gasteiger partial charge in [0.25, 0.3) is 5.91 Å². The van der Waals surface area contributed by atoms with Crippen molar-refractivity contribution in [3.05, 3.63) is 88.9 Å². The van der Waals surface area contributed by atoms with E-state index in [2.05, 4.69) is 12.2 Å². The van der Waals surface area contributed by atoms with E-state index in [-0.39, 0.29) is 12.0 Å². The number of halogens is 1. The number of nitrogens with one attached hydrogen (secondary N) is 1. The first kappa shape index (κ1) is 28.3. The van der Waals surface area contributed by atoms with E-state index in [9.17, 15) is 9.59 Å². The normalized spacial score (nSPS) is 14.4. The molecule has 0 spiro atoms. The van der Waals surface area contributed by atoms with Crippen LogP contribution in [0.15, 0.2) is 72.8 Å². The third-order valence-corrected chi connectivity index (χ3v) is 6.65. The van der Waals surface area contributed by atoms with Gasteiger partial charge in [0.15, 0.2) is 6.10 Å². The number of anilines is 1. The molecule has 206 valence electrons. The van der Waals surface area contributed by atoms with Gasteiger partial charge in [-0.3, -0.25) is 4.79 Å². The van der Waals surface area contributed by atoms with Crippen molar-refractivity contribution in [2.24, 2.45) is 0 Å². The molecule has 3 aromatic carbocycles. The Morgan fingerprint density at radius 3 is 2.62 bits per heavy atom. The lowest BCUT2D eigenvalue weighted by molar-refractivity contribution is -0.127. The lowest BCUT2D eigenvalue weighted by atomic mass is 10.1. The maximum absolute atomic E-state index is 13.4. The number of rotatable bonds is 13. The molecule has 0 aliphatic carbocycles. The van der Waals surface area contributed by atoms with E-state index in [0.29, 0.717) is 43.5 Å². The second-order valence-corrected chi connectivity index (χ2v) is 9.87. The van der Waals surface area contributed by atoms with Gasteiger partial charge in [0.1, 0.15) is 11.5 Å². The molecule has 8 heteroatoms. The molecule has 1 aliphatic rings. The van der Waals surface area contributed by atoms with E-state index >= 15 is 0 Å². The Kier molecular flexibility index (Phi) is 10.5. The highest BCUT2D eigenvalue weighted by Crippen LogP contribution is 2.35. The highest BCUT2D eigenvalue weighted by molar-refractivity contribution is 6.30. The molecule has 1 atom stereocenters. The van der Waals surface area contributed by atoms with Crippen molar-refractivity contribution in [1.29, 1.82) is 0 Å². The van der Waals surface area contributed by atoms with Crippen molar-refractivity contribution < 1.29 is 23.8 Å². The van der Waals surface area contributed by atoms with Gasteiger partial charge in [-0.25, -0.2) is 4.79 Å². The van der Waals surface area contributed by atoms with Gasteiger partial charge < -0.3 is 24.4 Å². The average molecular weight is 551 g/mol. The molecule has 0 fully saturated rings. The quantitative estimate of drug-likeness (QED) is 0.244. The van der Waals surface area contributed by atoms with Crippen LogP contribution in [-0.4, -0.2) is 37.9 Å². The Labute approximate surface area is 235 Å². The number of aryl methyl sites for hydroxylation is 1. The van der Waals surface area contributed by atoms with E-state index in [1.165, 1.54) is 0 Å². The number of amides is 2. The first-order valence-electron chi connectivity index (χ1n) is 13.5. The van der Waals surface area contributed by atoms with Gasteiger partial charge in [-0.2, -0.15) is 0 Å². The fraction of sp³-hybridized carbons (Fsp3) is 0.355. The van der Waals surface area contributed by atoms with Crippen molar-refractivity contribution in [1.82, 2.24) is 5.32 Å². The van der Waals surface area contributed by atoms with Gasteiger partial charge in [-0.1, -0.05) is 61.3 Å². The smallest absolute Gasteiger partial charge is 0.407 e. The van der Waals surface area contributed by atoms with Crippen LogP contribution in [0.2, 0.25) is 5.02 Å². The molecule has 0 saturated heterocycles. The minimum absolute atomic E-state index is 0.101. The number of fused-ring (bicyclic) bond motifs is 1. The minimum Gasteiger partial charge on any atom is -0.493 e. The van der Waals surface area contributed by atoms with Gasteiger partial charge in [0.05, 0.1) is 25.4 Å². The van der Waals surface area contributed by atoms with Crippen LogP contribution < -0.4 is 19.7 Å². The molecule has 7 nitrogen and oxygen atoms in total. The largest absolute Gasteiger partial charge is 0.493 e. The molecule has 1 unspecified atom stereocenters. The van der Waals surface area contributed by atoms with Crippen molar-refractivity contribution in [2.75, 3.05) is 24.7 Å². The summed E-state index contributed by atoms with van der Waals surface area (Å²) >= 11 is 6.16. The Bertz CT molecular complexity index is 1230. The number of para-hydroxylation sites is 2. The number of ether oxygens (including phenoxy) is 3. The third kappa shape index (κ3) is 8.39. The van der Waals surface area contributed by atoms with Gasteiger partial charge in [0, 0.05) is 18.0 Å². The molecule has 4 rings (SSSR count). The van der Waals surface area contributed by atoms with Gasteiger partial charge in [-0.05, 0) is 66.8 Å². The lowest BCUT2D eigenvalue weighted by Crippen LogP contribution is -2.46. The van der Waals surface area contributed by atoms with Crippen molar-refractivity contribution >= 4 is 29.3 Å². The van der Waals surface area contributed by atoms with Crippen molar-refractivity contribution in [3.8, 4) is 11.5 Å². The zero-order valence-electron chi connectivity index (χ0n) is 22.2. The Balaban J connectivity index is 1.24. The first-order valence-corrected chi connectivity index (χ1v) is 13.8. The average Bonchev–Trinajstić information content (AvgIpc) is 2.94. The van der Waals surface area contributed by atoms with E-state index < -0.39 is 6.10 Å². The summed E-state index contributed by atoms with van der Waals surface area (Å²) in [7, 11) is 0. The van der Waals surface area contributed by atoms with Crippen LogP contribution in [0.25, 0.3) is 0 Å². The third-order valence-electron chi connectivity index (χ3n) is 6.41. The van der Waals surface area contributed by atoms with E-state index in [4.69, 9.17) is 25.8 Å². The molecule has 0 aromatic heterocycles. The number of nitrogens with zero attached hydrogens (tertiary/aromatic N) is 1. The number of hydrogen-bond acceptors (Lipinski definition) is 5. The van der Waals surface area contributed by atoms with Crippen LogP contribution in [-0.2, 0) is 22.5 Å². The summed E-state index contributed by atoms with van der Waals surface area (Å²) in [5.41, 5.74) is 2.85. The Hall–Kier alpha value is -3.71. The topological polar surface area (TPSA) is 77.1 Å². The molecule has 0 saturated carbocycles. The zero-order valence-corrected chi connectivity index (χ0v) is 23.0. The van der Waals surface area contributed by atoms with Crippen LogP contribution in [0.4, 0.5) is 10.5 Å². The second kappa shape index (κ2) is 14.4. The first-order chi connectivity index (χ1) is 19.0. The number of carbonyl (C=O) groups excluding carboxylic acids is 2. The number of hydrogen-bond donors (Lipinski definition) is 1. The summed E-state index contributed by atoms with van der Waals surface area (Å²) in [6.07, 6.45) is 2.95. The Morgan fingerprint density at radius 2 is 1.82 bits per heavy atom. The van der Waals surface area contributed by atoms with Crippen LogP contribution in [0.1, 0.15) is 43.7 Å². The highest BCUT2D eigenvalue weighted by atomic mass is 35.5. The molecular weight excluding hydrogens is 516 g/mol. The van der Waals surface area contributed by atoms with E-state index in [1.54, 1.807) is 4.90 Å². The molecule has 1 aliphatic heterocycles. The SMILES string of the molecule is CCCCOC(=O)NCCCc1ccc(OCCC2Oc3ccccc3N(Cc3cccc(Cl)c3)C2=O)cc1. The molecular formula is C31H35ClN2O5. The standard InChI is InChI=1S/C31H35ClN2O5/c1-2-3-19-38-31(36)33-18-7-9-23-13-15-26(16-14-23)37-20-17-29-30(35)34(22-24-8-6-10-25(32)21-24)27-11-4-5-12-28(27)39-29/h4-6,8,10-16,21,29H,2-3,7,9,17-20,22H2,1H3,(H,33,36). The molecule has 2 amide bonds. The summed E-state index contributed by atoms with van der Waals surface area (Å²) in [5, 5.41) is 3.41. The Morgan fingerprint density at radius 1 is 1.00 bits per heavy atom. The zero-order chi connectivity index (χ0) is 27.5. The molecule has 39 heavy (non-hydrogen) atoms. The van der Waals surface area contributed by atoms with E-state index in [0.717, 1.165) is 48.2 Å². The molecule has 0 radical (unpaired) electrons. The van der Waals surface area contributed by atoms with Crippen LogP contribution in [0.5, 0.6) is 11.5 Å². The van der Waals surface area contributed by atoms with Gasteiger partial charge in [-0.15, -0.1) is 0 Å². The maximum Gasteiger partial charge on any atom is 0.407 e. The lowest BCUT2D eigenvalue weighted by Gasteiger charge is -2.34. The summed E-state index contributed by atoms with van der Waals surface area (Å²) in [6.45, 7) is 3.83. The second-order valence-electron chi connectivity index (χ2n) is 9.43. The number of benzene rings is 3. The fourth-order valence-corrected chi connectivity index (χ4v) is 4.53. The fourth-order valence-electron chi connectivity index (χ4n) is 4.32. The van der Waals surface area contributed by atoms with Crippen LogP contribution >= 0.6 is 11.6 Å². The monoisotopic (exact) mass is 550 g/mol. The summed E-state index contributed by atoms with van der Waals surface area (Å²) in [4.78, 5) is 26.7. The van der Waals surface area contributed by atoms with E-state index in [1.807, 2.05) is 72.8 Å². The van der Waals surface area contributed by atoms with Gasteiger partial charge in [0.2, 0.25) is 0 Å². The van der Waals surface area contributed by atoms with Crippen molar-refractivity contribution in [3.63, 3.8) is 0 Å². The summed E-state index contributed by atoms with van der Waals surface area (Å²) in [6, 6.07) is 23.0. The van der Waals surface area contributed by atoms with Crippen LogP contribution in [0.3, 0.4) is 0 Å². The molecule has 3 aromatic rings. The molecule has 1 N–H and O–H groups in total. The number of unbranched alkanes of at least 4 members (excludes halogenated alkanes) is 1. The van der Waals surface area contributed by atoms with Crippen LogP contribution in [0, 0.1) is 0 Å². The molecule has 0 bridgehead atoms. The summed E-state index contributed by atoms with van der Waals surface area (Å²) < 4.78 is 17.1. The summed E-state index contributed by atoms with van der Waals surface area (Å²) in [5.74, 6) is 1.31. The predicted molar refractivity (Wildman–Crippen MR) is 153 cm³/mol. The highest BCUT2D eigenvalue weighted by Gasteiger charge is 2.34. The van der Waals surface area contributed by atoms with Crippen molar-refractivity contribution in [2.45, 2.75) is 51.7 Å².